The van der Waals surface area contributed by atoms with Gasteiger partial charge in [-0.1, -0.05) is 22.4 Å². The molecule has 0 aromatic heterocycles. The molecule has 3 nitrogen and oxygen atoms in total. The Bertz CT molecular complexity index is 488. The number of carbonyl (C=O) groups excluding carboxylic acids is 1. The lowest BCUT2D eigenvalue weighted by molar-refractivity contribution is 0.0151. The van der Waals surface area contributed by atoms with Crippen LogP contribution in [0.2, 0.25) is 0 Å². The summed E-state index contributed by atoms with van der Waals surface area (Å²) < 4.78 is 1.01. The topological polar surface area (TPSA) is 23.6 Å². The first-order valence-electron chi connectivity index (χ1n) is 7.46. The van der Waals surface area contributed by atoms with Gasteiger partial charge in [-0.05, 0) is 50.6 Å². The summed E-state index contributed by atoms with van der Waals surface area (Å²) in [5, 5.41) is 0. The average Bonchev–Trinajstić information content (AvgIpc) is 2.46. The standard InChI is InChI=1S/C16H21BrN2O/c1-12-10-18-9-3-2-4-15(18)11-19(12)16(20)13-5-7-14(17)8-6-13/h5-8,12,15H,2-4,9-11H2,1H3. The Hall–Kier alpha value is -0.870. The van der Waals surface area contributed by atoms with Crippen LogP contribution in [-0.2, 0) is 0 Å². The van der Waals surface area contributed by atoms with Crippen molar-refractivity contribution in [2.24, 2.45) is 0 Å². The molecule has 2 heterocycles. The maximum Gasteiger partial charge on any atom is 0.254 e. The summed E-state index contributed by atoms with van der Waals surface area (Å²) in [5.74, 6) is 0.176. The van der Waals surface area contributed by atoms with Gasteiger partial charge < -0.3 is 4.90 Å². The molecule has 20 heavy (non-hydrogen) atoms. The summed E-state index contributed by atoms with van der Waals surface area (Å²) in [7, 11) is 0. The molecule has 0 bridgehead atoms. The van der Waals surface area contributed by atoms with Crippen molar-refractivity contribution in [3.05, 3.63) is 34.3 Å². The normalized spacial score (nSPS) is 27.2. The number of piperidine rings is 1. The second-order valence-electron chi connectivity index (χ2n) is 5.96. The predicted molar refractivity (Wildman–Crippen MR) is 83.9 cm³/mol. The van der Waals surface area contributed by atoms with Gasteiger partial charge in [-0.25, -0.2) is 0 Å². The molecule has 2 unspecified atom stereocenters. The van der Waals surface area contributed by atoms with Crippen molar-refractivity contribution < 1.29 is 4.79 Å². The molecule has 2 atom stereocenters. The van der Waals surface area contributed by atoms with E-state index in [1.807, 2.05) is 24.3 Å². The second kappa shape index (κ2) is 5.86. The molecule has 1 amide bonds. The first-order valence-corrected chi connectivity index (χ1v) is 8.25. The first-order chi connectivity index (χ1) is 9.65. The fourth-order valence-electron chi connectivity index (χ4n) is 3.39. The van der Waals surface area contributed by atoms with E-state index in [2.05, 4.69) is 32.7 Å². The molecule has 1 aromatic rings. The van der Waals surface area contributed by atoms with Crippen molar-refractivity contribution in [3.63, 3.8) is 0 Å². The molecular formula is C16H21BrN2O. The average molecular weight is 337 g/mol. The maximum absolute atomic E-state index is 12.7. The van der Waals surface area contributed by atoms with Gasteiger partial charge in [0, 0.05) is 35.2 Å². The number of hydrogen-bond donors (Lipinski definition) is 0. The zero-order valence-electron chi connectivity index (χ0n) is 11.9. The molecule has 4 heteroatoms. The lowest BCUT2D eigenvalue weighted by atomic mass is 9.96. The summed E-state index contributed by atoms with van der Waals surface area (Å²) in [6, 6.07) is 8.57. The first kappa shape index (κ1) is 14.1. The van der Waals surface area contributed by atoms with Crippen molar-refractivity contribution in [3.8, 4) is 0 Å². The summed E-state index contributed by atoms with van der Waals surface area (Å²) in [4.78, 5) is 17.3. The minimum Gasteiger partial charge on any atom is -0.333 e. The zero-order valence-corrected chi connectivity index (χ0v) is 13.5. The molecule has 2 aliphatic heterocycles. The fourth-order valence-corrected chi connectivity index (χ4v) is 3.66. The van der Waals surface area contributed by atoms with Crippen LogP contribution in [0.25, 0.3) is 0 Å². The van der Waals surface area contributed by atoms with Crippen LogP contribution in [0, 0.1) is 0 Å². The number of hydrogen-bond acceptors (Lipinski definition) is 2. The van der Waals surface area contributed by atoms with Crippen LogP contribution in [0.1, 0.15) is 36.5 Å². The second-order valence-corrected chi connectivity index (χ2v) is 6.87. The van der Waals surface area contributed by atoms with Crippen molar-refractivity contribution >= 4 is 21.8 Å². The summed E-state index contributed by atoms with van der Waals surface area (Å²) in [6.07, 6.45) is 3.84. The number of rotatable bonds is 1. The van der Waals surface area contributed by atoms with Gasteiger partial charge in [-0.15, -0.1) is 0 Å². The Morgan fingerprint density at radius 1 is 1.20 bits per heavy atom. The number of nitrogens with zero attached hydrogens (tertiary/aromatic N) is 2. The molecule has 0 saturated carbocycles. The van der Waals surface area contributed by atoms with Crippen molar-refractivity contribution in [2.45, 2.75) is 38.3 Å². The Kier molecular flexibility index (Phi) is 4.13. The molecule has 108 valence electrons. The maximum atomic E-state index is 12.7. The highest BCUT2D eigenvalue weighted by atomic mass is 79.9. The lowest BCUT2D eigenvalue weighted by Crippen LogP contribution is -2.60. The minimum absolute atomic E-state index is 0.176. The molecule has 0 spiro atoms. The predicted octanol–water partition coefficient (Wildman–Crippen LogP) is 3.15. The van der Waals surface area contributed by atoms with Crippen molar-refractivity contribution in [2.75, 3.05) is 19.6 Å². The van der Waals surface area contributed by atoms with Gasteiger partial charge in [-0.2, -0.15) is 0 Å². The SMILES string of the molecule is CC1CN2CCCCC2CN1C(=O)c1ccc(Br)cc1. The number of amides is 1. The third kappa shape index (κ3) is 2.77. The van der Waals surface area contributed by atoms with Gasteiger partial charge in [0.15, 0.2) is 0 Å². The number of halogens is 1. The molecule has 2 fully saturated rings. The summed E-state index contributed by atoms with van der Waals surface area (Å²) in [5.41, 5.74) is 0.796. The molecule has 0 N–H and O–H groups in total. The van der Waals surface area contributed by atoms with Gasteiger partial charge in [0.25, 0.3) is 5.91 Å². The molecule has 1 aromatic carbocycles. The number of benzene rings is 1. The number of fused-ring (bicyclic) bond motifs is 1. The van der Waals surface area contributed by atoms with Crippen LogP contribution >= 0.6 is 15.9 Å². The van der Waals surface area contributed by atoms with Crippen LogP contribution in [0.15, 0.2) is 28.7 Å². The van der Waals surface area contributed by atoms with E-state index in [1.54, 1.807) is 0 Å². The Labute approximate surface area is 129 Å². The Balaban J connectivity index is 1.75. The summed E-state index contributed by atoms with van der Waals surface area (Å²) in [6.45, 7) is 5.28. The smallest absolute Gasteiger partial charge is 0.254 e. The van der Waals surface area contributed by atoms with Crippen LogP contribution < -0.4 is 0 Å². The van der Waals surface area contributed by atoms with E-state index >= 15 is 0 Å². The highest BCUT2D eigenvalue weighted by Gasteiger charge is 2.35. The summed E-state index contributed by atoms with van der Waals surface area (Å²) >= 11 is 3.42. The van der Waals surface area contributed by atoms with E-state index in [0.29, 0.717) is 12.1 Å². The lowest BCUT2D eigenvalue weighted by Gasteiger charge is -2.47. The van der Waals surface area contributed by atoms with Crippen LogP contribution in [0.3, 0.4) is 0 Å². The van der Waals surface area contributed by atoms with E-state index in [0.717, 1.165) is 23.1 Å². The molecule has 2 saturated heterocycles. The van der Waals surface area contributed by atoms with E-state index in [4.69, 9.17) is 0 Å². The fraction of sp³-hybridized carbons (Fsp3) is 0.562. The van der Waals surface area contributed by atoms with Gasteiger partial charge in [0.1, 0.15) is 0 Å². The van der Waals surface area contributed by atoms with Gasteiger partial charge in [0.05, 0.1) is 0 Å². The van der Waals surface area contributed by atoms with E-state index in [-0.39, 0.29) is 5.91 Å². The molecule has 0 radical (unpaired) electrons. The Morgan fingerprint density at radius 2 is 1.95 bits per heavy atom. The van der Waals surface area contributed by atoms with E-state index < -0.39 is 0 Å². The van der Waals surface area contributed by atoms with Crippen LogP contribution in [-0.4, -0.2) is 47.4 Å². The van der Waals surface area contributed by atoms with E-state index in [9.17, 15) is 4.79 Å². The van der Waals surface area contributed by atoms with Crippen LogP contribution in [0.4, 0.5) is 0 Å². The molecule has 0 aliphatic carbocycles. The van der Waals surface area contributed by atoms with E-state index in [1.165, 1.54) is 25.8 Å². The van der Waals surface area contributed by atoms with Gasteiger partial charge >= 0.3 is 0 Å². The molecular weight excluding hydrogens is 316 g/mol. The molecule has 3 rings (SSSR count). The largest absolute Gasteiger partial charge is 0.333 e. The van der Waals surface area contributed by atoms with Gasteiger partial charge in [0.2, 0.25) is 0 Å². The highest BCUT2D eigenvalue weighted by Crippen LogP contribution is 2.25. The zero-order chi connectivity index (χ0) is 14.1. The Morgan fingerprint density at radius 3 is 2.70 bits per heavy atom. The third-order valence-electron chi connectivity index (χ3n) is 4.54. The van der Waals surface area contributed by atoms with Crippen molar-refractivity contribution in [1.82, 2.24) is 9.80 Å². The monoisotopic (exact) mass is 336 g/mol. The van der Waals surface area contributed by atoms with Gasteiger partial charge in [-0.3, -0.25) is 9.69 Å². The molecule has 2 aliphatic rings. The number of piperazine rings is 1. The highest BCUT2D eigenvalue weighted by molar-refractivity contribution is 9.10. The minimum atomic E-state index is 0.176. The quantitative estimate of drug-likeness (QED) is 0.786. The third-order valence-corrected chi connectivity index (χ3v) is 5.07. The van der Waals surface area contributed by atoms with Crippen molar-refractivity contribution in [1.29, 1.82) is 0 Å². The number of carbonyl (C=O) groups is 1. The van der Waals surface area contributed by atoms with Crippen LogP contribution in [0.5, 0.6) is 0 Å².